The van der Waals surface area contributed by atoms with E-state index in [4.69, 9.17) is 4.74 Å². The van der Waals surface area contributed by atoms with Crippen molar-refractivity contribution in [3.05, 3.63) is 59.7 Å². The second-order valence-electron chi connectivity index (χ2n) is 7.25. The molecule has 2 aliphatic rings. The summed E-state index contributed by atoms with van der Waals surface area (Å²) in [6.45, 7) is 4.64. The fraction of sp³-hybridized carbons (Fsp3) is 0.381. The van der Waals surface area contributed by atoms with E-state index in [1.165, 1.54) is 24.0 Å². The van der Waals surface area contributed by atoms with Crippen LogP contribution in [-0.2, 0) is 0 Å². The van der Waals surface area contributed by atoms with Gasteiger partial charge in [-0.25, -0.2) is 4.79 Å². The number of fused-ring (bicyclic) bond motifs is 5. The fourth-order valence-electron chi connectivity index (χ4n) is 4.81. The summed E-state index contributed by atoms with van der Waals surface area (Å²) in [5.41, 5.74) is 3.70. The van der Waals surface area contributed by atoms with Gasteiger partial charge in [-0.2, -0.15) is 0 Å². The van der Waals surface area contributed by atoms with Crippen molar-refractivity contribution in [1.29, 1.82) is 0 Å². The molecule has 1 N–H and O–H groups in total. The van der Waals surface area contributed by atoms with E-state index in [1.54, 1.807) is 12.1 Å². The Labute approximate surface area is 143 Å². The zero-order valence-corrected chi connectivity index (χ0v) is 14.2. The van der Waals surface area contributed by atoms with Crippen LogP contribution in [0.5, 0.6) is 5.75 Å². The Bertz CT molecular complexity index is 754. The molecule has 0 saturated heterocycles. The number of anilines is 1. The third-order valence-electron chi connectivity index (χ3n) is 5.59. The number of ether oxygens (including phenoxy) is 1. The minimum Gasteiger partial charge on any atom is -0.410 e. The van der Waals surface area contributed by atoms with Crippen molar-refractivity contribution in [3.63, 3.8) is 0 Å². The third-order valence-corrected chi connectivity index (χ3v) is 5.59. The molecule has 1 amide bonds. The van der Waals surface area contributed by atoms with Gasteiger partial charge in [0, 0.05) is 5.69 Å². The molecule has 1 fully saturated rings. The van der Waals surface area contributed by atoms with Crippen LogP contribution in [0.2, 0.25) is 0 Å². The summed E-state index contributed by atoms with van der Waals surface area (Å²) in [5.74, 6) is 3.14. The van der Waals surface area contributed by atoms with E-state index < -0.39 is 6.09 Å². The molecule has 3 heteroatoms. The average molecular weight is 321 g/mol. The first kappa shape index (κ1) is 15.3. The van der Waals surface area contributed by atoms with Gasteiger partial charge in [0.15, 0.2) is 0 Å². The number of hydrogen-bond donors (Lipinski definition) is 1. The van der Waals surface area contributed by atoms with Crippen molar-refractivity contribution in [2.24, 2.45) is 11.8 Å². The second kappa shape index (κ2) is 5.97. The van der Waals surface area contributed by atoms with Crippen molar-refractivity contribution in [3.8, 4) is 5.75 Å². The van der Waals surface area contributed by atoms with E-state index in [0.717, 1.165) is 5.69 Å². The number of carbonyl (C=O) groups is 1. The summed E-state index contributed by atoms with van der Waals surface area (Å²) >= 11 is 0. The van der Waals surface area contributed by atoms with E-state index >= 15 is 0 Å². The molecule has 2 aromatic carbocycles. The Hall–Kier alpha value is -2.29. The Morgan fingerprint density at radius 3 is 2.54 bits per heavy atom. The lowest BCUT2D eigenvalue weighted by Gasteiger charge is -2.21. The molecular formula is C21H23NO2. The van der Waals surface area contributed by atoms with Crippen molar-refractivity contribution in [2.75, 3.05) is 5.32 Å². The molecule has 4 rings (SSSR count). The predicted octanol–water partition coefficient (Wildman–Crippen LogP) is 5.54. The van der Waals surface area contributed by atoms with Crippen LogP contribution in [0.25, 0.3) is 0 Å². The highest BCUT2D eigenvalue weighted by Crippen LogP contribution is 2.61. The van der Waals surface area contributed by atoms with E-state index in [0.29, 0.717) is 29.4 Å². The Morgan fingerprint density at radius 2 is 1.79 bits per heavy atom. The maximum Gasteiger partial charge on any atom is 0.417 e. The van der Waals surface area contributed by atoms with Crippen LogP contribution >= 0.6 is 0 Å². The molecule has 0 aliphatic heterocycles. The third kappa shape index (κ3) is 2.48. The van der Waals surface area contributed by atoms with Crippen LogP contribution in [0.4, 0.5) is 10.5 Å². The van der Waals surface area contributed by atoms with Crippen LogP contribution in [0.1, 0.15) is 49.7 Å². The smallest absolute Gasteiger partial charge is 0.410 e. The van der Waals surface area contributed by atoms with Crippen molar-refractivity contribution in [1.82, 2.24) is 0 Å². The van der Waals surface area contributed by atoms with Crippen LogP contribution in [-0.4, -0.2) is 6.09 Å². The van der Waals surface area contributed by atoms with Crippen LogP contribution in [0, 0.1) is 11.8 Å². The molecule has 1 saturated carbocycles. The normalized spacial score (nSPS) is 24.0. The number of amides is 1. The standard InChI is InChI=1S/C21H23NO2/c1-13(2)19-16-11-12-17(19)20-15(16)9-6-10-18(20)22-21(23)24-14-7-4-3-5-8-14/h3-10,13,16-17,19H,11-12H2,1-2H3,(H,22,23). The van der Waals surface area contributed by atoms with Crippen LogP contribution < -0.4 is 10.1 Å². The average Bonchev–Trinajstić information content (AvgIpc) is 3.13. The molecule has 2 aromatic rings. The van der Waals surface area contributed by atoms with E-state index in [2.05, 4.69) is 31.3 Å². The summed E-state index contributed by atoms with van der Waals surface area (Å²) < 4.78 is 5.38. The highest BCUT2D eigenvalue weighted by Gasteiger charge is 2.47. The molecule has 3 nitrogen and oxygen atoms in total. The molecular weight excluding hydrogens is 298 g/mol. The molecule has 3 unspecified atom stereocenters. The van der Waals surface area contributed by atoms with Gasteiger partial charge in [-0.1, -0.05) is 44.2 Å². The zero-order valence-electron chi connectivity index (χ0n) is 14.2. The zero-order chi connectivity index (χ0) is 16.7. The molecule has 124 valence electrons. The number of carbonyl (C=O) groups excluding carboxylic acids is 1. The number of benzene rings is 2. The topological polar surface area (TPSA) is 38.3 Å². The van der Waals surface area contributed by atoms with Gasteiger partial charge in [0.25, 0.3) is 0 Å². The van der Waals surface area contributed by atoms with Gasteiger partial charge in [0.05, 0.1) is 0 Å². The van der Waals surface area contributed by atoms with Crippen molar-refractivity contribution >= 4 is 11.8 Å². The quantitative estimate of drug-likeness (QED) is 0.805. The summed E-state index contributed by atoms with van der Waals surface area (Å²) in [7, 11) is 0. The van der Waals surface area contributed by atoms with Crippen molar-refractivity contribution < 1.29 is 9.53 Å². The number of rotatable bonds is 3. The molecule has 0 aromatic heterocycles. The Balaban J connectivity index is 1.58. The molecule has 24 heavy (non-hydrogen) atoms. The Morgan fingerprint density at radius 1 is 1.04 bits per heavy atom. The first-order valence-corrected chi connectivity index (χ1v) is 8.82. The highest BCUT2D eigenvalue weighted by molar-refractivity contribution is 5.88. The molecule has 0 heterocycles. The lowest BCUT2D eigenvalue weighted by molar-refractivity contribution is 0.215. The summed E-state index contributed by atoms with van der Waals surface area (Å²) in [5, 5.41) is 2.97. The first-order valence-electron chi connectivity index (χ1n) is 8.82. The molecule has 2 aliphatic carbocycles. The summed E-state index contributed by atoms with van der Waals surface area (Å²) in [6, 6.07) is 15.5. The number of para-hydroxylation sites is 1. The van der Waals surface area contributed by atoms with Gasteiger partial charge in [-0.05, 0) is 65.8 Å². The minimum absolute atomic E-state index is 0.418. The lowest BCUT2D eigenvalue weighted by Crippen LogP contribution is -2.18. The van der Waals surface area contributed by atoms with Gasteiger partial charge in [-0.15, -0.1) is 0 Å². The fourth-order valence-corrected chi connectivity index (χ4v) is 4.81. The molecule has 2 bridgehead atoms. The van der Waals surface area contributed by atoms with Gasteiger partial charge in [0.1, 0.15) is 5.75 Å². The van der Waals surface area contributed by atoms with Gasteiger partial charge >= 0.3 is 6.09 Å². The number of nitrogens with one attached hydrogen (secondary N) is 1. The van der Waals surface area contributed by atoms with Gasteiger partial charge in [-0.3, -0.25) is 5.32 Å². The highest BCUT2D eigenvalue weighted by atomic mass is 16.6. The molecule has 3 atom stereocenters. The molecule has 0 radical (unpaired) electrons. The van der Waals surface area contributed by atoms with E-state index in [9.17, 15) is 4.79 Å². The summed E-state index contributed by atoms with van der Waals surface area (Å²) in [6.07, 6.45) is 2.09. The second-order valence-corrected chi connectivity index (χ2v) is 7.25. The minimum atomic E-state index is -0.418. The monoisotopic (exact) mass is 321 g/mol. The first-order chi connectivity index (χ1) is 11.6. The molecule has 0 spiro atoms. The van der Waals surface area contributed by atoms with Crippen LogP contribution in [0.3, 0.4) is 0 Å². The number of hydrogen-bond acceptors (Lipinski definition) is 2. The van der Waals surface area contributed by atoms with E-state index in [1.807, 2.05) is 24.3 Å². The summed E-state index contributed by atoms with van der Waals surface area (Å²) in [4.78, 5) is 12.3. The lowest BCUT2D eigenvalue weighted by atomic mass is 9.85. The largest absolute Gasteiger partial charge is 0.417 e. The van der Waals surface area contributed by atoms with Crippen molar-refractivity contribution in [2.45, 2.75) is 38.5 Å². The maximum atomic E-state index is 12.3. The SMILES string of the molecule is CC(C)C1C2CCC1c1c(NC(=O)Oc3ccccc3)cccc12. The Kier molecular flexibility index (Phi) is 3.79. The van der Waals surface area contributed by atoms with Gasteiger partial charge in [0.2, 0.25) is 0 Å². The van der Waals surface area contributed by atoms with E-state index in [-0.39, 0.29) is 0 Å². The maximum absolute atomic E-state index is 12.3. The van der Waals surface area contributed by atoms with Crippen LogP contribution in [0.15, 0.2) is 48.5 Å². The predicted molar refractivity (Wildman–Crippen MR) is 95.6 cm³/mol. The van der Waals surface area contributed by atoms with Gasteiger partial charge < -0.3 is 4.74 Å².